The van der Waals surface area contributed by atoms with Crippen molar-refractivity contribution in [1.82, 2.24) is 5.32 Å². The number of carbonyl (C=O) groups excluding carboxylic acids is 2. The quantitative estimate of drug-likeness (QED) is 0.535. The van der Waals surface area contributed by atoms with Gasteiger partial charge in [0, 0.05) is 23.1 Å². The van der Waals surface area contributed by atoms with E-state index in [4.69, 9.17) is 0 Å². The van der Waals surface area contributed by atoms with Crippen LogP contribution in [0.25, 0.3) is 0 Å². The summed E-state index contributed by atoms with van der Waals surface area (Å²) in [5.41, 5.74) is 1.63. The molecule has 1 aliphatic carbocycles. The fourth-order valence-electron chi connectivity index (χ4n) is 2.54. The van der Waals surface area contributed by atoms with Crippen LogP contribution in [0.15, 0.2) is 48.5 Å². The molecule has 0 saturated heterocycles. The third-order valence-corrected chi connectivity index (χ3v) is 4.19. The van der Waals surface area contributed by atoms with Gasteiger partial charge in [-0.3, -0.25) is 4.79 Å². The van der Waals surface area contributed by atoms with E-state index in [0.717, 1.165) is 25.0 Å². The van der Waals surface area contributed by atoms with Crippen molar-refractivity contribution in [2.45, 2.75) is 38.2 Å². The Bertz CT molecular complexity index is 882. The number of urea groups is 1. The van der Waals surface area contributed by atoms with Crippen LogP contribution in [-0.2, 0) is 4.79 Å². The summed E-state index contributed by atoms with van der Waals surface area (Å²) < 4.78 is 40.3. The van der Waals surface area contributed by atoms with Crippen molar-refractivity contribution in [2.75, 3.05) is 16.0 Å². The Hall–Kier alpha value is -3.43. The zero-order valence-corrected chi connectivity index (χ0v) is 16.0. The Balaban J connectivity index is 1.48. The minimum Gasteiger partial charge on any atom is -0.406 e. The number of hydrogen-bond donors (Lipinski definition) is 4. The Morgan fingerprint density at radius 2 is 1.47 bits per heavy atom. The molecule has 1 aliphatic rings. The summed E-state index contributed by atoms with van der Waals surface area (Å²) >= 11 is 0. The molecule has 3 rings (SSSR count). The van der Waals surface area contributed by atoms with Gasteiger partial charge in [-0.25, -0.2) is 4.79 Å². The number of carbonyl (C=O) groups is 2. The minimum absolute atomic E-state index is 0.252. The van der Waals surface area contributed by atoms with Crippen molar-refractivity contribution in [3.8, 4) is 5.75 Å². The average molecular weight is 422 g/mol. The Kier molecular flexibility index (Phi) is 6.34. The maximum atomic E-state index is 12.3. The third kappa shape index (κ3) is 6.87. The summed E-state index contributed by atoms with van der Waals surface area (Å²) in [7, 11) is 0. The molecule has 1 unspecified atom stereocenters. The molecule has 1 fully saturated rings. The van der Waals surface area contributed by atoms with Crippen molar-refractivity contribution in [2.24, 2.45) is 0 Å². The summed E-state index contributed by atoms with van der Waals surface area (Å²) in [6, 6.07) is 11.1. The first-order chi connectivity index (χ1) is 14.2. The first kappa shape index (κ1) is 21.3. The molecule has 0 aliphatic heterocycles. The number of amides is 3. The highest BCUT2D eigenvalue weighted by atomic mass is 19.4. The van der Waals surface area contributed by atoms with E-state index < -0.39 is 12.4 Å². The summed E-state index contributed by atoms with van der Waals surface area (Å²) in [5.74, 6) is -0.739. The van der Waals surface area contributed by atoms with Crippen LogP contribution in [0.1, 0.15) is 19.8 Å². The fourth-order valence-corrected chi connectivity index (χ4v) is 2.54. The summed E-state index contributed by atoms with van der Waals surface area (Å²) in [6.07, 6.45) is -2.77. The van der Waals surface area contributed by atoms with E-state index in [-0.39, 0.29) is 23.7 Å². The predicted molar refractivity (Wildman–Crippen MR) is 106 cm³/mol. The van der Waals surface area contributed by atoms with Gasteiger partial charge in [0.25, 0.3) is 0 Å². The Labute approximate surface area is 171 Å². The lowest BCUT2D eigenvalue weighted by Gasteiger charge is -2.16. The Morgan fingerprint density at radius 3 is 2.03 bits per heavy atom. The van der Waals surface area contributed by atoms with E-state index >= 15 is 0 Å². The van der Waals surface area contributed by atoms with Crippen LogP contribution in [0.5, 0.6) is 5.75 Å². The number of ether oxygens (including phenoxy) is 1. The fraction of sp³-hybridized carbons (Fsp3) is 0.300. The number of hydrogen-bond acceptors (Lipinski definition) is 4. The molecular weight excluding hydrogens is 401 g/mol. The molecule has 4 N–H and O–H groups in total. The predicted octanol–water partition coefficient (Wildman–Crippen LogP) is 4.31. The van der Waals surface area contributed by atoms with Gasteiger partial charge in [0.05, 0.1) is 0 Å². The molecule has 2 aromatic carbocycles. The van der Waals surface area contributed by atoms with Gasteiger partial charge in [0.1, 0.15) is 11.8 Å². The van der Waals surface area contributed by atoms with Crippen molar-refractivity contribution in [3.05, 3.63) is 48.5 Å². The SMILES string of the molecule is CC(Nc1ccc(NC(=O)NC2CC2)cc1)C(=O)Nc1ccc(OC(F)(F)F)cc1. The molecule has 1 atom stereocenters. The lowest BCUT2D eigenvalue weighted by Crippen LogP contribution is -2.32. The van der Waals surface area contributed by atoms with E-state index in [1.807, 2.05) is 0 Å². The van der Waals surface area contributed by atoms with Crippen molar-refractivity contribution >= 4 is 29.0 Å². The molecule has 2 aromatic rings. The second-order valence-electron chi connectivity index (χ2n) is 6.88. The maximum Gasteiger partial charge on any atom is 0.573 e. The number of anilines is 3. The van der Waals surface area contributed by atoms with Gasteiger partial charge < -0.3 is 26.0 Å². The maximum absolute atomic E-state index is 12.3. The van der Waals surface area contributed by atoms with Crippen LogP contribution in [0, 0.1) is 0 Å². The molecule has 3 amide bonds. The molecule has 0 heterocycles. The highest BCUT2D eigenvalue weighted by molar-refractivity contribution is 5.96. The van der Waals surface area contributed by atoms with E-state index in [2.05, 4.69) is 26.0 Å². The number of halogens is 3. The van der Waals surface area contributed by atoms with Gasteiger partial charge in [0.15, 0.2) is 0 Å². The van der Waals surface area contributed by atoms with Gasteiger partial charge in [0.2, 0.25) is 5.91 Å². The summed E-state index contributed by atoms with van der Waals surface area (Å²) in [4.78, 5) is 24.0. The molecule has 0 bridgehead atoms. The second kappa shape index (κ2) is 8.93. The van der Waals surface area contributed by atoms with E-state index in [0.29, 0.717) is 17.1 Å². The van der Waals surface area contributed by atoms with Gasteiger partial charge in [-0.2, -0.15) is 0 Å². The molecule has 7 nitrogen and oxygen atoms in total. The van der Waals surface area contributed by atoms with Gasteiger partial charge in [-0.15, -0.1) is 13.2 Å². The zero-order chi connectivity index (χ0) is 21.7. The first-order valence-corrected chi connectivity index (χ1v) is 9.29. The van der Waals surface area contributed by atoms with Gasteiger partial charge >= 0.3 is 12.4 Å². The average Bonchev–Trinajstić information content (AvgIpc) is 3.47. The monoisotopic (exact) mass is 422 g/mol. The third-order valence-electron chi connectivity index (χ3n) is 4.19. The number of alkyl halides is 3. The van der Waals surface area contributed by atoms with Crippen molar-refractivity contribution in [1.29, 1.82) is 0 Å². The molecule has 10 heteroatoms. The zero-order valence-electron chi connectivity index (χ0n) is 16.0. The van der Waals surface area contributed by atoms with Crippen LogP contribution in [-0.4, -0.2) is 30.4 Å². The topological polar surface area (TPSA) is 91.5 Å². The minimum atomic E-state index is -4.77. The van der Waals surface area contributed by atoms with Crippen LogP contribution in [0.2, 0.25) is 0 Å². The molecule has 1 saturated carbocycles. The van der Waals surface area contributed by atoms with Crippen molar-refractivity contribution in [3.63, 3.8) is 0 Å². The van der Waals surface area contributed by atoms with Crippen LogP contribution in [0.3, 0.4) is 0 Å². The van der Waals surface area contributed by atoms with Gasteiger partial charge in [-0.05, 0) is 68.3 Å². The molecule has 30 heavy (non-hydrogen) atoms. The molecule has 160 valence electrons. The largest absolute Gasteiger partial charge is 0.573 e. The standard InChI is InChI=1S/C20H21F3N4O3/c1-12(18(28)25-14-8-10-17(11-9-14)30-20(21,22)23)24-13-2-4-15(5-3-13)26-19(29)27-16-6-7-16/h2-5,8-12,16,24H,6-7H2,1H3,(H,25,28)(H2,26,27,29). The van der Waals surface area contributed by atoms with Gasteiger partial charge in [-0.1, -0.05) is 0 Å². The van der Waals surface area contributed by atoms with Crippen molar-refractivity contribution < 1.29 is 27.5 Å². The van der Waals surface area contributed by atoms with Crippen LogP contribution < -0.4 is 26.0 Å². The first-order valence-electron chi connectivity index (χ1n) is 9.29. The van der Waals surface area contributed by atoms with Crippen LogP contribution >= 0.6 is 0 Å². The second-order valence-corrected chi connectivity index (χ2v) is 6.88. The lowest BCUT2D eigenvalue weighted by molar-refractivity contribution is -0.274. The van der Waals surface area contributed by atoms with E-state index in [1.54, 1.807) is 31.2 Å². The number of rotatable bonds is 7. The number of nitrogens with one attached hydrogen (secondary N) is 4. The highest BCUT2D eigenvalue weighted by Gasteiger charge is 2.31. The smallest absolute Gasteiger partial charge is 0.406 e. The summed E-state index contributed by atoms with van der Waals surface area (Å²) in [5, 5.41) is 11.2. The lowest BCUT2D eigenvalue weighted by atomic mass is 10.2. The van der Waals surface area contributed by atoms with E-state index in [1.165, 1.54) is 12.1 Å². The normalized spacial score (nSPS) is 14.4. The molecular formula is C20H21F3N4O3. The summed E-state index contributed by atoms with van der Waals surface area (Å²) in [6.45, 7) is 1.64. The Morgan fingerprint density at radius 1 is 0.933 bits per heavy atom. The molecule has 0 spiro atoms. The number of benzene rings is 2. The molecule has 0 aromatic heterocycles. The van der Waals surface area contributed by atoms with Crippen LogP contribution in [0.4, 0.5) is 35.0 Å². The highest BCUT2D eigenvalue weighted by Crippen LogP contribution is 2.24. The van der Waals surface area contributed by atoms with E-state index in [9.17, 15) is 22.8 Å². The molecule has 0 radical (unpaired) electrons.